The molecule has 138 valence electrons. The van der Waals surface area contributed by atoms with E-state index in [1.165, 1.54) is 0 Å². The Balaban J connectivity index is 1.46. The summed E-state index contributed by atoms with van der Waals surface area (Å²) in [6.45, 7) is 8.46. The van der Waals surface area contributed by atoms with Crippen LogP contribution in [0.5, 0.6) is 11.5 Å². The van der Waals surface area contributed by atoms with E-state index in [2.05, 4.69) is 17.1 Å². The zero-order valence-electron chi connectivity index (χ0n) is 15.2. The lowest BCUT2D eigenvalue weighted by atomic mass is 9.90. The van der Waals surface area contributed by atoms with Crippen LogP contribution in [-0.2, 0) is 11.2 Å². The summed E-state index contributed by atoms with van der Waals surface area (Å²) in [6.07, 6.45) is 1.83. The second kappa shape index (κ2) is 7.62. The van der Waals surface area contributed by atoms with Crippen LogP contribution in [0.2, 0.25) is 0 Å². The second-order valence-corrected chi connectivity index (χ2v) is 7.43. The molecule has 2 aliphatic heterocycles. The first-order valence-electron chi connectivity index (χ1n) is 9.11. The number of carbonyl (C=O) groups is 1. The second-order valence-electron chi connectivity index (χ2n) is 7.43. The van der Waals surface area contributed by atoms with E-state index in [9.17, 15) is 4.79 Å². The minimum absolute atomic E-state index is 0.0822. The molecular formula is C19H29N3O3. The SMILES string of the molecule is CC(C(=O)NCCc1ccc2c(c1)OCCO2)N1CCC(C)(CN)C1. The first-order valence-corrected chi connectivity index (χ1v) is 9.11. The number of benzene rings is 1. The van der Waals surface area contributed by atoms with Crippen molar-refractivity contribution in [2.75, 3.05) is 39.4 Å². The van der Waals surface area contributed by atoms with Crippen LogP contribution >= 0.6 is 0 Å². The fraction of sp³-hybridized carbons (Fsp3) is 0.632. The summed E-state index contributed by atoms with van der Waals surface area (Å²) in [6, 6.07) is 5.84. The van der Waals surface area contributed by atoms with Gasteiger partial charge in [-0.15, -0.1) is 0 Å². The molecule has 1 amide bonds. The molecule has 1 fully saturated rings. The van der Waals surface area contributed by atoms with E-state index < -0.39 is 0 Å². The molecule has 1 aromatic rings. The predicted octanol–water partition coefficient (Wildman–Crippen LogP) is 1.18. The Bertz CT molecular complexity index is 622. The quantitative estimate of drug-likeness (QED) is 0.808. The van der Waals surface area contributed by atoms with Gasteiger partial charge in [-0.3, -0.25) is 9.69 Å². The Morgan fingerprint density at radius 1 is 1.36 bits per heavy atom. The van der Waals surface area contributed by atoms with Gasteiger partial charge in [-0.05, 0) is 56.0 Å². The van der Waals surface area contributed by atoms with Crippen LogP contribution in [0.3, 0.4) is 0 Å². The number of hydrogen-bond donors (Lipinski definition) is 2. The zero-order valence-corrected chi connectivity index (χ0v) is 15.2. The van der Waals surface area contributed by atoms with Crippen molar-refractivity contribution in [3.63, 3.8) is 0 Å². The molecule has 6 heteroatoms. The molecule has 2 heterocycles. The lowest BCUT2D eigenvalue weighted by molar-refractivity contribution is -0.125. The number of hydrogen-bond acceptors (Lipinski definition) is 5. The van der Waals surface area contributed by atoms with Crippen LogP contribution in [0, 0.1) is 5.41 Å². The van der Waals surface area contributed by atoms with E-state index in [-0.39, 0.29) is 17.4 Å². The van der Waals surface area contributed by atoms with E-state index in [1.54, 1.807) is 0 Å². The molecule has 0 spiro atoms. The number of likely N-dealkylation sites (tertiary alicyclic amines) is 1. The first kappa shape index (κ1) is 18.0. The van der Waals surface area contributed by atoms with Gasteiger partial charge in [-0.2, -0.15) is 0 Å². The highest BCUT2D eigenvalue weighted by molar-refractivity contribution is 5.81. The van der Waals surface area contributed by atoms with Crippen molar-refractivity contribution >= 4 is 5.91 Å². The molecule has 3 rings (SSSR count). The number of nitrogens with one attached hydrogen (secondary N) is 1. The molecular weight excluding hydrogens is 318 g/mol. The zero-order chi connectivity index (χ0) is 17.9. The van der Waals surface area contributed by atoms with Crippen LogP contribution in [-0.4, -0.2) is 56.2 Å². The van der Waals surface area contributed by atoms with Crippen molar-refractivity contribution in [3.05, 3.63) is 23.8 Å². The molecule has 2 atom stereocenters. The number of rotatable bonds is 6. The molecule has 2 aliphatic rings. The monoisotopic (exact) mass is 347 g/mol. The van der Waals surface area contributed by atoms with Crippen LogP contribution in [0.15, 0.2) is 18.2 Å². The lowest BCUT2D eigenvalue weighted by Crippen LogP contribution is -2.45. The van der Waals surface area contributed by atoms with E-state index in [1.807, 2.05) is 25.1 Å². The highest BCUT2D eigenvalue weighted by Gasteiger charge is 2.36. The minimum Gasteiger partial charge on any atom is -0.486 e. The van der Waals surface area contributed by atoms with Gasteiger partial charge in [0.25, 0.3) is 0 Å². The van der Waals surface area contributed by atoms with Gasteiger partial charge >= 0.3 is 0 Å². The van der Waals surface area contributed by atoms with Crippen molar-refractivity contribution in [2.24, 2.45) is 11.1 Å². The first-order chi connectivity index (χ1) is 12.0. The van der Waals surface area contributed by atoms with Crippen molar-refractivity contribution in [3.8, 4) is 11.5 Å². The standard InChI is InChI=1S/C19H29N3O3/c1-14(22-8-6-19(2,12-20)13-22)18(23)21-7-5-15-3-4-16-17(11-15)25-10-9-24-16/h3-4,11,14H,5-10,12-13,20H2,1-2H3,(H,21,23). The van der Waals surface area contributed by atoms with Gasteiger partial charge in [0, 0.05) is 13.1 Å². The molecule has 0 bridgehead atoms. The van der Waals surface area contributed by atoms with Gasteiger partial charge in [-0.25, -0.2) is 0 Å². The summed E-state index contributed by atoms with van der Waals surface area (Å²) < 4.78 is 11.1. The third-order valence-corrected chi connectivity index (χ3v) is 5.33. The maximum atomic E-state index is 12.4. The van der Waals surface area contributed by atoms with Gasteiger partial charge in [0.15, 0.2) is 11.5 Å². The van der Waals surface area contributed by atoms with Crippen molar-refractivity contribution in [1.29, 1.82) is 0 Å². The normalized spacial score (nSPS) is 24.1. The smallest absolute Gasteiger partial charge is 0.237 e. The number of nitrogens with zero attached hydrogens (tertiary/aromatic N) is 1. The van der Waals surface area contributed by atoms with E-state index in [0.29, 0.717) is 26.3 Å². The van der Waals surface area contributed by atoms with E-state index in [4.69, 9.17) is 15.2 Å². The lowest BCUT2D eigenvalue weighted by Gasteiger charge is -2.26. The largest absolute Gasteiger partial charge is 0.486 e. The molecule has 0 radical (unpaired) electrons. The fourth-order valence-corrected chi connectivity index (χ4v) is 3.45. The van der Waals surface area contributed by atoms with E-state index >= 15 is 0 Å². The Morgan fingerprint density at radius 3 is 2.84 bits per heavy atom. The summed E-state index contributed by atoms with van der Waals surface area (Å²) in [5.41, 5.74) is 7.13. The number of nitrogens with two attached hydrogens (primary N) is 1. The van der Waals surface area contributed by atoms with Crippen LogP contribution in [0.1, 0.15) is 25.8 Å². The Kier molecular flexibility index (Phi) is 5.49. The molecule has 0 saturated carbocycles. The topological polar surface area (TPSA) is 76.8 Å². The van der Waals surface area contributed by atoms with E-state index in [0.717, 1.165) is 43.0 Å². The molecule has 1 saturated heterocycles. The fourth-order valence-electron chi connectivity index (χ4n) is 3.45. The van der Waals surface area contributed by atoms with Gasteiger partial charge in [0.1, 0.15) is 13.2 Å². The molecule has 25 heavy (non-hydrogen) atoms. The summed E-state index contributed by atoms with van der Waals surface area (Å²) in [5.74, 6) is 1.67. The average Bonchev–Trinajstić information content (AvgIpc) is 3.04. The average molecular weight is 347 g/mol. The van der Waals surface area contributed by atoms with Gasteiger partial charge in [-0.1, -0.05) is 13.0 Å². The summed E-state index contributed by atoms with van der Waals surface area (Å²) in [4.78, 5) is 14.7. The molecule has 1 aromatic carbocycles. The molecule has 0 aliphatic carbocycles. The van der Waals surface area contributed by atoms with Crippen LogP contribution < -0.4 is 20.5 Å². The highest BCUT2D eigenvalue weighted by atomic mass is 16.6. The Morgan fingerprint density at radius 2 is 2.12 bits per heavy atom. The number of ether oxygens (including phenoxy) is 2. The van der Waals surface area contributed by atoms with Gasteiger partial charge in [0.2, 0.25) is 5.91 Å². The van der Waals surface area contributed by atoms with Crippen molar-refractivity contribution in [1.82, 2.24) is 10.2 Å². The number of fused-ring (bicyclic) bond motifs is 1. The van der Waals surface area contributed by atoms with Crippen LogP contribution in [0.25, 0.3) is 0 Å². The molecule has 3 N–H and O–H groups in total. The maximum Gasteiger partial charge on any atom is 0.237 e. The van der Waals surface area contributed by atoms with Crippen LogP contribution in [0.4, 0.5) is 0 Å². The maximum absolute atomic E-state index is 12.4. The number of amides is 1. The predicted molar refractivity (Wildman–Crippen MR) is 97.0 cm³/mol. The summed E-state index contributed by atoms with van der Waals surface area (Å²) >= 11 is 0. The van der Waals surface area contributed by atoms with Gasteiger partial charge in [0.05, 0.1) is 6.04 Å². The highest BCUT2D eigenvalue weighted by Crippen LogP contribution is 2.31. The summed E-state index contributed by atoms with van der Waals surface area (Å²) in [7, 11) is 0. The minimum atomic E-state index is -0.117. The third-order valence-electron chi connectivity index (χ3n) is 5.33. The van der Waals surface area contributed by atoms with Crippen molar-refractivity contribution in [2.45, 2.75) is 32.7 Å². The molecule has 2 unspecified atom stereocenters. The number of carbonyl (C=O) groups excluding carboxylic acids is 1. The Labute approximate surface area is 149 Å². The summed E-state index contributed by atoms with van der Waals surface area (Å²) in [5, 5.41) is 3.05. The van der Waals surface area contributed by atoms with Gasteiger partial charge < -0.3 is 20.5 Å². The Hall–Kier alpha value is -1.79. The van der Waals surface area contributed by atoms with Crippen molar-refractivity contribution < 1.29 is 14.3 Å². The third kappa shape index (κ3) is 4.25. The molecule has 0 aromatic heterocycles. The molecule has 6 nitrogen and oxygen atoms in total.